The fraction of sp³-hybridized carbons (Fsp3) is 0.667. The fourth-order valence-corrected chi connectivity index (χ4v) is 0. The molecule has 0 aliphatic rings. The van der Waals surface area contributed by atoms with Gasteiger partial charge in [-0.3, -0.25) is 0 Å². The molecule has 0 amide bonds. The monoisotopic (exact) mass is 320 g/mol. The van der Waals surface area contributed by atoms with Crippen LogP contribution in [0.4, 0.5) is 0 Å². The Labute approximate surface area is 104 Å². The van der Waals surface area contributed by atoms with Crippen molar-refractivity contribution in [2.45, 2.75) is 26.7 Å². The van der Waals surface area contributed by atoms with Gasteiger partial charge in [-0.1, -0.05) is 13.8 Å². The molecule has 4 nitrogen and oxygen atoms in total. The third-order valence-corrected chi connectivity index (χ3v) is 0.577. The van der Waals surface area contributed by atoms with Crippen molar-refractivity contribution in [3.05, 3.63) is 0 Å². The maximum absolute atomic E-state index is 9.26. The Morgan fingerprint density at radius 3 is 1.09 bits per heavy atom. The van der Waals surface area contributed by atoms with Gasteiger partial charge in [0, 0.05) is 11.9 Å². The third-order valence-electron chi connectivity index (χ3n) is 0.577. The molecular weight excluding hydrogens is 309 g/mol. The van der Waals surface area contributed by atoms with Crippen LogP contribution in [-0.4, -0.2) is 11.9 Å². The number of rotatable bonds is 2. The molecule has 0 N–H and O–H groups in total. The molecule has 0 fully saturated rings. The van der Waals surface area contributed by atoms with Crippen LogP contribution >= 0.6 is 0 Å². The van der Waals surface area contributed by atoms with Crippen LogP contribution in [0, 0.1) is 46.9 Å². The summed E-state index contributed by atoms with van der Waals surface area (Å²) in [5.74, 6) is -1.99. The number of aliphatic carboxylic acids is 2. The summed E-state index contributed by atoms with van der Waals surface area (Å²) >= 11 is 0. The molecule has 0 aromatic rings. The maximum atomic E-state index is 9.26. The van der Waals surface area contributed by atoms with Crippen molar-refractivity contribution in [3.8, 4) is 0 Å². The van der Waals surface area contributed by atoms with Crippen LogP contribution in [0.2, 0.25) is 0 Å². The third kappa shape index (κ3) is 37.6. The van der Waals surface area contributed by atoms with Crippen molar-refractivity contribution >= 4 is 11.9 Å². The topological polar surface area (TPSA) is 80.3 Å². The molecule has 0 aromatic heterocycles. The van der Waals surface area contributed by atoms with E-state index >= 15 is 0 Å². The number of carboxylic acid groups (broad SMARTS) is 2. The summed E-state index contributed by atoms with van der Waals surface area (Å²) in [6.07, 6.45) is 0.222. The Morgan fingerprint density at radius 1 is 1.00 bits per heavy atom. The molecule has 0 spiro atoms. The van der Waals surface area contributed by atoms with Crippen LogP contribution in [0.15, 0.2) is 0 Å². The van der Waals surface area contributed by atoms with Crippen LogP contribution in [0.25, 0.3) is 0 Å². The molecule has 0 aromatic carbocycles. The van der Waals surface area contributed by atoms with E-state index in [2.05, 4.69) is 0 Å². The van der Waals surface area contributed by atoms with E-state index < -0.39 is 11.9 Å². The molecule has 5 heteroatoms. The summed E-state index contributed by atoms with van der Waals surface area (Å²) in [7, 11) is 0. The second kappa shape index (κ2) is 13.1. The van der Waals surface area contributed by atoms with Gasteiger partial charge in [0.2, 0.25) is 0 Å². The number of carbonyl (C=O) groups is 2. The predicted octanol–water partition coefficient (Wildman–Crippen LogP) is -1.71. The SMILES string of the molecule is CCC(=O)[O-].CCC(=O)[O-].[Yb+2]. The summed E-state index contributed by atoms with van der Waals surface area (Å²) < 4.78 is 0. The number of carbonyl (C=O) groups excluding carboxylic acids is 2. The van der Waals surface area contributed by atoms with Crippen LogP contribution in [0.5, 0.6) is 0 Å². The Balaban J connectivity index is -0.000000107. The summed E-state index contributed by atoms with van der Waals surface area (Å²) in [5, 5.41) is 18.5. The Kier molecular flexibility index (Phi) is 20.8. The van der Waals surface area contributed by atoms with Gasteiger partial charge in [0.25, 0.3) is 0 Å². The van der Waals surface area contributed by atoms with Gasteiger partial charge in [-0.05, 0) is 12.8 Å². The first-order valence-electron chi connectivity index (χ1n) is 2.94. The van der Waals surface area contributed by atoms with Gasteiger partial charge in [-0.15, -0.1) is 0 Å². The molecule has 0 aliphatic heterocycles. The first-order chi connectivity index (χ1) is 4.54. The Hall–Kier alpha value is 0.459. The fourth-order valence-electron chi connectivity index (χ4n) is 0. The zero-order valence-electron chi connectivity index (χ0n) is 6.31. The zero-order valence-corrected chi connectivity index (χ0v) is 8.03. The number of carboxylic acids is 2. The van der Waals surface area contributed by atoms with Gasteiger partial charge < -0.3 is 19.8 Å². The van der Waals surface area contributed by atoms with E-state index in [9.17, 15) is 19.8 Å². The smallest absolute Gasteiger partial charge is 0.550 e. The maximum Gasteiger partial charge on any atom is 2.00 e. The molecule has 0 atom stereocenters. The van der Waals surface area contributed by atoms with Crippen LogP contribution in [0.3, 0.4) is 0 Å². The van der Waals surface area contributed by atoms with Gasteiger partial charge in [-0.2, -0.15) is 0 Å². The van der Waals surface area contributed by atoms with Gasteiger partial charge >= 0.3 is 46.9 Å². The molecule has 11 heavy (non-hydrogen) atoms. The molecule has 0 saturated carbocycles. The summed E-state index contributed by atoms with van der Waals surface area (Å²) in [5.41, 5.74) is 0. The van der Waals surface area contributed by atoms with E-state index in [-0.39, 0.29) is 59.8 Å². The van der Waals surface area contributed by atoms with E-state index in [1.54, 1.807) is 0 Å². The van der Waals surface area contributed by atoms with E-state index in [0.29, 0.717) is 0 Å². The van der Waals surface area contributed by atoms with Crippen LogP contribution in [0.1, 0.15) is 26.7 Å². The van der Waals surface area contributed by atoms with Crippen molar-refractivity contribution in [2.24, 2.45) is 0 Å². The first-order valence-corrected chi connectivity index (χ1v) is 2.94. The molecule has 0 bridgehead atoms. The number of hydrogen-bond acceptors (Lipinski definition) is 4. The van der Waals surface area contributed by atoms with E-state index in [0.717, 1.165) is 0 Å². The summed E-state index contributed by atoms with van der Waals surface area (Å²) in [4.78, 5) is 18.5. The van der Waals surface area contributed by atoms with Gasteiger partial charge in [0.1, 0.15) is 0 Å². The molecular formula is C6H10O4Yb. The molecule has 0 rings (SSSR count). The normalized spacial score (nSPS) is 6.73. The minimum absolute atomic E-state index is 0. The molecule has 72 valence electrons. The van der Waals surface area contributed by atoms with Crippen LogP contribution < -0.4 is 10.2 Å². The summed E-state index contributed by atoms with van der Waals surface area (Å²) in [6, 6.07) is 0. The van der Waals surface area contributed by atoms with Crippen molar-refractivity contribution < 1.29 is 66.7 Å². The summed E-state index contributed by atoms with van der Waals surface area (Å²) in [6.45, 7) is 3.07. The van der Waals surface area contributed by atoms with Gasteiger partial charge in [-0.25, -0.2) is 0 Å². The van der Waals surface area contributed by atoms with E-state index in [1.165, 1.54) is 13.8 Å². The number of hydrogen-bond donors (Lipinski definition) is 0. The Bertz CT molecular complexity index is 99.1. The standard InChI is InChI=1S/2C3H6O2.Yb/c2*1-2-3(4)5;/h2*2H2,1H3,(H,4,5);/q;;+2/p-2. The second-order valence-corrected chi connectivity index (χ2v) is 1.45. The first kappa shape index (κ1) is 17.5. The van der Waals surface area contributed by atoms with Crippen molar-refractivity contribution in [3.63, 3.8) is 0 Å². The quantitative estimate of drug-likeness (QED) is 0.607. The predicted molar refractivity (Wildman–Crippen MR) is 30.6 cm³/mol. The molecule has 0 heterocycles. The zero-order chi connectivity index (χ0) is 8.57. The minimum atomic E-state index is -0.995. The van der Waals surface area contributed by atoms with Gasteiger partial charge in [0.05, 0.1) is 0 Å². The van der Waals surface area contributed by atoms with Crippen molar-refractivity contribution in [1.29, 1.82) is 0 Å². The largest absolute Gasteiger partial charge is 2.00 e. The average molecular weight is 319 g/mol. The second-order valence-electron chi connectivity index (χ2n) is 1.45. The van der Waals surface area contributed by atoms with Gasteiger partial charge in [0.15, 0.2) is 0 Å². The molecule has 0 aliphatic carbocycles. The minimum Gasteiger partial charge on any atom is -0.550 e. The van der Waals surface area contributed by atoms with E-state index in [4.69, 9.17) is 0 Å². The molecule has 0 radical (unpaired) electrons. The van der Waals surface area contributed by atoms with E-state index in [1.807, 2.05) is 0 Å². The van der Waals surface area contributed by atoms with Crippen molar-refractivity contribution in [1.82, 2.24) is 0 Å². The Morgan fingerprint density at radius 2 is 1.09 bits per heavy atom. The van der Waals surface area contributed by atoms with Crippen LogP contribution in [-0.2, 0) is 9.59 Å². The molecule has 0 unspecified atom stereocenters. The average Bonchev–Trinajstić information content (AvgIpc) is 1.89. The molecule has 0 saturated heterocycles. The van der Waals surface area contributed by atoms with Crippen molar-refractivity contribution in [2.75, 3.05) is 0 Å².